The number of anilines is 1. The van der Waals surface area contributed by atoms with Crippen molar-refractivity contribution in [3.05, 3.63) is 52.4 Å². The smallest absolute Gasteiger partial charge is 0.227 e. The quantitative estimate of drug-likeness (QED) is 0.918. The van der Waals surface area contributed by atoms with E-state index in [2.05, 4.69) is 9.97 Å². The zero-order chi connectivity index (χ0) is 15.5. The van der Waals surface area contributed by atoms with Crippen LogP contribution in [0.2, 0.25) is 5.02 Å². The summed E-state index contributed by atoms with van der Waals surface area (Å²) in [6.45, 7) is 1.32. The molecule has 0 bridgehead atoms. The van der Waals surface area contributed by atoms with E-state index < -0.39 is 0 Å². The summed E-state index contributed by atoms with van der Waals surface area (Å²) in [5.74, 6) is 0.544. The number of halogens is 1. The van der Waals surface area contributed by atoms with Crippen molar-refractivity contribution in [1.82, 2.24) is 14.9 Å². The molecule has 2 aromatic rings. The molecule has 0 unspecified atom stereocenters. The number of nitrogens with two attached hydrogens (primary N) is 1. The summed E-state index contributed by atoms with van der Waals surface area (Å²) in [5, 5.41) is 0.677. The molecule has 0 aliphatic carbocycles. The Kier molecular flexibility index (Phi) is 4.24. The summed E-state index contributed by atoms with van der Waals surface area (Å²) in [4.78, 5) is 23.0. The van der Waals surface area contributed by atoms with Gasteiger partial charge in [0.15, 0.2) is 0 Å². The number of aromatic nitrogens is 2. The third kappa shape index (κ3) is 3.36. The zero-order valence-electron chi connectivity index (χ0n) is 12.1. The van der Waals surface area contributed by atoms with Crippen LogP contribution in [0.25, 0.3) is 0 Å². The first-order chi connectivity index (χ1) is 10.6. The van der Waals surface area contributed by atoms with E-state index in [0.29, 0.717) is 36.8 Å². The number of carbonyl (C=O) groups excluding carboxylic acids is 1. The first kappa shape index (κ1) is 14.8. The molecule has 5 nitrogen and oxygen atoms in total. The van der Waals surface area contributed by atoms with E-state index in [1.165, 1.54) is 0 Å². The van der Waals surface area contributed by atoms with Gasteiger partial charge < -0.3 is 10.6 Å². The highest BCUT2D eigenvalue weighted by molar-refractivity contribution is 6.30. The normalized spacial score (nSPS) is 14.3. The Balaban J connectivity index is 1.66. The summed E-state index contributed by atoms with van der Waals surface area (Å²) in [6.07, 6.45) is 3.37. The average Bonchev–Trinajstić information content (AvgIpc) is 2.71. The fraction of sp³-hybridized carbons (Fsp3) is 0.312. The maximum absolute atomic E-state index is 12.5. The van der Waals surface area contributed by atoms with Crippen molar-refractivity contribution < 1.29 is 4.79 Å². The van der Waals surface area contributed by atoms with E-state index in [0.717, 1.165) is 23.4 Å². The molecule has 1 aromatic carbocycles. The van der Waals surface area contributed by atoms with Crippen molar-refractivity contribution in [2.45, 2.75) is 19.3 Å². The van der Waals surface area contributed by atoms with Crippen LogP contribution < -0.4 is 5.73 Å². The van der Waals surface area contributed by atoms with Crippen molar-refractivity contribution in [2.75, 3.05) is 18.8 Å². The van der Waals surface area contributed by atoms with Crippen LogP contribution in [0, 0.1) is 0 Å². The number of carbonyl (C=O) groups is 1. The third-order valence-corrected chi connectivity index (χ3v) is 4.06. The molecule has 0 atom stereocenters. The van der Waals surface area contributed by atoms with Crippen LogP contribution in [0.5, 0.6) is 0 Å². The van der Waals surface area contributed by atoms with Crippen LogP contribution in [-0.2, 0) is 24.1 Å². The van der Waals surface area contributed by atoms with Crippen LogP contribution in [0.3, 0.4) is 0 Å². The van der Waals surface area contributed by atoms with E-state index in [9.17, 15) is 4.79 Å². The standard InChI is InChI=1S/C16H17ClN4O/c17-12-3-1-11(2-4-12)9-16(22)21-7-5-13-14(6-8-21)20-15(18)10-19-13/h1-4,10H,5-9H2,(H2,18,20). The Labute approximate surface area is 134 Å². The number of rotatable bonds is 2. The topological polar surface area (TPSA) is 72.1 Å². The van der Waals surface area contributed by atoms with Gasteiger partial charge in [-0.1, -0.05) is 23.7 Å². The van der Waals surface area contributed by atoms with Crippen molar-refractivity contribution in [2.24, 2.45) is 0 Å². The average molecular weight is 317 g/mol. The number of nitrogen functional groups attached to an aromatic ring is 1. The number of hydrogen-bond donors (Lipinski definition) is 1. The van der Waals surface area contributed by atoms with Gasteiger partial charge in [-0.05, 0) is 17.7 Å². The largest absolute Gasteiger partial charge is 0.382 e. The minimum Gasteiger partial charge on any atom is -0.382 e. The van der Waals surface area contributed by atoms with Gasteiger partial charge in [-0.2, -0.15) is 0 Å². The molecule has 0 spiro atoms. The van der Waals surface area contributed by atoms with Crippen LogP contribution in [0.1, 0.15) is 17.0 Å². The molecule has 114 valence electrons. The van der Waals surface area contributed by atoms with Gasteiger partial charge in [-0.25, -0.2) is 4.98 Å². The molecule has 0 fully saturated rings. The fourth-order valence-corrected chi connectivity index (χ4v) is 2.73. The van der Waals surface area contributed by atoms with Gasteiger partial charge in [0.05, 0.1) is 24.0 Å². The maximum atomic E-state index is 12.5. The second-order valence-corrected chi connectivity index (χ2v) is 5.81. The molecule has 3 rings (SSSR count). The van der Waals surface area contributed by atoms with E-state index >= 15 is 0 Å². The minimum atomic E-state index is 0.114. The van der Waals surface area contributed by atoms with Crippen LogP contribution >= 0.6 is 11.6 Å². The molecule has 2 N–H and O–H groups in total. The molecule has 6 heteroatoms. The molecule has 0 saturated carbocycles. The van der Waals surface area contributed by atoms with Gasteiger partial charge in [0.2, 0.25) is 5.91 Å². The number of amides is 1. The Morgan fingerprint density at radius 2 is 1.86 bits per heavy atom. The number of hydrogen-bond acceptors (Lipinski definition) is 4. The molecule has 22 heavy (non-hydrogen) atoms. The van der Waals surface area contributed by atoms with E-state index in [-0.39, 0.29) is 5.91 Å². The summed E-state index contributed by atoms with van der Waals surface area (Å²) in [7, 11) is 0. The van der Waals surface area contributed by atoms with Crippen LogP contribution in [0.15, 0.2) is 30.5 Å². The lowest BCUT2D eigenvalue weighted by atomic mass is 10.1. The van der Waals surface area contributed by atoms with Crippen molar-refractivity contribution in [3.8, 4) is 0 Å². The SMILES string of the molecule is Nc1cnc2c(n1)CCN(C(=O)Cc1ccc(Cl)cc1)CC2. The second-order valence-electron chi connectivity index (χ2n) is 5.37. The summed E-state index contributed by atoms with van der Waals surface area (Å²) in [6, 6.07) is 7.38. The molecule has 1 aliphatic rings. The molecular weight excluding hydrogens is 300 g/mol. The second kappa shape index (κ2) is 6.32. The first-order valence-electron chi connectivity index (χ1n) is 7.24. The van der Waals surface area contributed by atoms with Gasteiger partial charge in [0.1, 0.15) is 5.82 Å². The Hall–Kier alpha value is -2.14. The highest BCUT2D eigenvalue weighted by atomic mass is 35.5. The highest BCUT2D eigenvalue weighted by Gasteiger charge is 2.20. The lowest BCUT2D eigenvalue weighted by Gasteiger charge is -2.20. The molecule has 1 aromatic heterocycles. The summed E-state index contributed by atoms with van der Waals surface area (Å²) < 4.78 is 0. The molecule has 0 radical (unpaired) electrons. The number of nitrogens with zero attached hydrogens (tertiary/aromatic N) is 3. The monoisotopic (exact) mass is 316 g/mol. The lowest BCUT2D eigenvalue weighted by Crippen LogP contribution is -2.34. The van der Waals surface area contributed by atoms with Crippen molar-refractivity contribution >= 4 is 23.3 Å². The zero-order valence-corrected chi connectivity index (χ0v) is 12.9. The van der Waals surface area contributed by atoms with Crippen LogP contribution in [0.4, 0.5) is 5.82 Å². The predicted octanol–water partition coefficient (Wildman–Crippen LogP) is 1.88. The minimum absolute atomic E-state index is 0.114. The molecule has 1 amide bonds. The first-order valence-corrected chi connectivity index (χ1v) is 7.62. The maximum Gasteiger partial charge on any atom is 0.227 e. The van der Waals surface area contributed by atoms with E-state index in [1.807, 2.05) is 17.0 Å². The fourth-order valence-electron chi connectivity index (χ4n) is 2.61. The van der Waals surface area contributed by atoms with Crippen molar-refractivity contribution in [3.63, 3.8) is 0 Å². The number of benzene rings is 1. The third-order valence-electron chi connectivity index (χ3n) is 3.81. The predicted molar refractivity (Wildman–Crippen MR) is 85.6 cm³/mol. The molecule has 0 saturated heterocycles. The summed E-state index contributed by atoms with van der Waals surface area (Å²) >= 11 is 5.86. The lowest BCUT2D eigenvalue weighted by molar-refractivity contribution is -0.130. The Morgan fingerprint density at radius 3 is 2.59 bits per heavy atom. The molecule has 1 aliphatic heterocycles. The Bertz CT molecular complexity index is 687. The van der Waals surface area contributed by atoms with Gasteiger partial charge >= 0.3 is 0 Å². The van der Waals surface area contributed by atoms with Gasteiger partial charge in [-0.3, -0.25) is 9.78 Å². The number of fused-ring (bicyclic) bond motifs is 1. The Morgan fingerprint density at radius 1 is 1.18 bits per heavy atom. The van der Waals surface area contributed by atoms with Gasteiger partial charge in [-0.15, -0.1) is 0 Å². The van der Waals surface area contributed by atoms with Gasteiger partial charge in [0.25, 0.3) is 0 Å². The molecule has 2 heterocycles. The van der Waals surface area contributed by atoms with Crippen LogP contribution in [-0.4, -0.2) is 33.9 Å². The highest BCUT2D eigenvalue weighted by Crippen LogP contribution is 2.15. The van der Waals surface area contributed by atoms with Crippen molar-refractivity contribution in [1.29, 1.82) is 0 Å². The molecular formula is C16H17ClN4O. The van der Waals surface area contributed by atoms with E-state index in [4.69, 9.17) is 17.3 Å². The summed E-state index contributed by atoms with van der Waals surface area (Å²) in [5.41, 5.74) is 8.49. The van der Waals surface area contributed by atoms with E-state index in [1.54, 1.807) is 18.3 Å². The van der Waals surface area contributed by atoms with Gasteiger partial charge in [0, 0.05) is 31.0 Å².